The zero-order valence-electron chi connectivity index (χ0n) is 12.7. The van der Waals surface area contributed by atoms with Gasteiger partial charge in [-0.1, -0.05) is 23.4 Å². The number of aromatic nitrogens is 2. The highest BCUT2D eigenvalue weighted by Crippen LogP contribution is 2.14. The molecule has 6 heteroatoms. The Morgan fingerprint density at radius 3 is 3.00 bits per heavy atom. The topological polar surface area (TPSA) is 71.3 Å². The summed E-state index contributed by atoms with van der Waals surface area (Å²) in [5.41, 5.74) is 2.24. The van der Waals surface area contributed by atoms with Gasteiger partial charge in [0.2, 0.25) is 11.8 Å². The summed E-state index contributed by atoms with van der Waals surface area (Å²) < 4.78 is 5.24. The van der Waals surface area contributed by atoms with Crippen molar-refractivity contribution in [1.82, 2.24) is 15.0 Å². The predicted octanol–water partition coefficient (Wildman–Crippen LogP) is 2.16. The molecular weight excluding hydrogens is 280 g/mol. The Kier molecular flexibility index (Phi) is 4.37. The Morgan fingerprint density at radius 2 is 2.23 bits per heavy atom. The third-order valence-electron chi connectivity index (χ3n) is 3.86. The molecule has 0 unspecified atom stereocenters. The molecule has 1 N–H and O–H groups in total. The van der Waals surface area contributed by atoms with Crippen molar-refractivity contribution in [2.45, 2.75) is 32.7 Å². The maximum Gasteiger partial charge on any atom is 0.245 e. The van der Waals surface area contributed by atoms with E-state index in [1.165, 1.54) is 5.56 Å². The summed E-state index contributed by atoms with van der Waals surface area (Å²) in [5, 5.41) is 7.26. The summed E-state index contributed by atoms with van der Waals surface area (Å²) in [6.07, 6.45) is 2.26. The second-order valence-electron chi connectivity index (χ2n) is 5.51. The first-order chi connectivity index (χ1) is 10.7. The molecule has 22 heavy (non-hydrogen) atoms. The van der Waals surface area contributed by atoms with Gasteiger partial charge in [0.25, 0.3) is 0 Å². The van der Waals surface area contributed by atoms with E-state index in [1.807, 2.05) is 23.1 Å². The van der Waals surface area contributed by atoms with Crippen LogP contribution in [0, 0.1) is 6.92 Å². The van der Waals surface area contributed by atoms with Crippen molar-refractivity contribution in [1.29, 1.82) is 0 Å². The van der Waals surface area contributed by atoms with Gasteiger partial charge in [-0.05, 0) is 25.0 Å². The molecule has 2 heterocycles. The summed E-state index contributed by atoms with van der Waals surface area (Å²) in [5.74, 6) is 1.44. The van der Waals surface area contributed by atoms with Crippen LogP contribution >= 0.6 is 0 Å². The van der Waals surface area contributed by atoms with E-state index in [4.69, 9.17) is 4.52 Å². The van der Waals surface area contributed by atoms with Crippen LogP contribution in [0.4, 0.5) is 5.69 Å². The van der Waals surface area contributed by atoms with Gasteiger partial charge in [-0.25, -0.2) is 0 Å². The molecule has 0 saturated carbocycles. The number of benzene rings is 1. The molecule has 1 fully saturated rings. The summed E-state index contributed by atoms with van der Waals surface area (Å²) in [7, 11) is 0. The zero-order valence-corrected chi connectivity index (χ0v) is 12.7. The van der Waals surface area contributed by atoms with E-state index in [0.717, 1.165) is 18.7 Å². The molecule has 0 radical (unpaired) electrons. The molecule has 1 aliphatic heterocycles. The van der Waals surface area contributed by atoms with Crippen LogP contribution in [0.1, 0.15) is 30.1 Å². The number of anilines is 1. The van der Waals surface area contributed by atoms with Crippen molar-refractivity contribution >= 4 is 11.6 Å². The number of para-hydroxylation sites is 1. The second-order valence-corrected chi connectivity index (χ2v) is 5.51. The molecule has 1 amide bonds. The van der Waals surface area contributed by atoms with Crippen molar-refractivity contribution in [2.24, 2.45) is 0 Å². The number of hydrogen-bond donors (Lipinski definition) is 1. The van der Waals surface area contributed by atoms with Crippen molar-refractivity contribution in [2.75, 3.05) is 18.4 Å². The minimum absolute atomic E-state index is 0.227. The quantitative estimate of drug-likeness (QED) is 0.885. The van der Waals surface area contributed by atoms with Crippen LogP contribution < -0.4 is 5.32 Å². The molecule has 0 aliphatic carbocycles. The smallest absolute Gasteiger partial charge is 0.245 e. The van der Waals surface area contributed by atoms with E-state index in [9.17, 15) is 4.79 Å². The van der Waals surface area contributed by atoms with E-state index >= 15 is 0 Å². The largest absolute Gasteiger partial charge is 0.376 e. The lowest BCUT2D eigenvalue weighted by atomic mass is 10.2. The molecule has 1 aromatic heterocycles. The number of nitrogens with one attached hydrogen (secondary N) is 1. The highest BCUT2D eigenvalue weighted by molar-refractivity contribution is 5.78. The third-order valence-corrected chi connectivity index (χ3v) is 3.86. The van der Waals surface area contributed by atoms with E-state index in [2.05, 4.69) is 28.4 Å². The average Bonchev–Trinajstić information content (AvgIpc) is 3.13. The lowest BCUT2D eigenvalue weighted by Gasteiger charge is -2.13. The SMILES string of the molecule is Cc1ccccc1NCc1nc(CCN2CCCC2=O)no1. The predicted molar refractivity (Wildman–Crippen MR) is 82.3 cm³/mol. The van der Waals surface area contributed by atoms with Gasteiger partial charge in [-0.2, -0.15) is 4.98 Å². The van der Waals surface area contributed by atoms with Crippen molar-refractivity contribution in [3.63, 3.8) is 0 Å². The fourth-order valence-corrected chi connectivity index (χ4v) is 2.58. The number of carbonyl (C=O) groups excluding carboxylic acids is 1. The normalized spacial score (nSPS) is 14.6. The highest BCUT2D eigenvalue weighted by atomic mass is 16.5. The minimum Gasteiger partial charge on any atom is -0.376 e. The van der Waals surface area contributed by atoms with Gasteiger partial charge in [0.1, 0.15) is 0 Å². The van der Waals surface area contributed by atoms with Crippen LogP contribution in [0.5, 0.6) is 0 Å². The molecule has 1 aliphatic rings. The van der Waals surface area contributed by atoms with Gasteiger partial charge in [0, 0.05) is 31.6 Å². The van der Waals surface area contributed by atoms with Crippen LogP contribution in [0.25, 0.3) is 0 Å². The van der Waals surface area contributed by atoms with Crippen molar-refractivity contribution < 1.29 is 9.32 Å². The van der Waals surface area contributed by atoms with Crippen molar-refractivity contribution in [3.8, 4) is 0 Å². The van der Waals surface area contributed by atoms with Gasteiger partial charge < -0.3 is 14.7 Å². The van der Waals surface area contributed by atoms with Crippen LogP contribution in [-0.2, 0) is 17.8 Å². The molecule has 3 rings (SSSR count). The van der Waals surface area contributed by atoms with Gasteiger partial charge in [-0.15, -0.1) is 0 Å². The van der Waals surface area contributed by atoms with Crippen LogP contribution in [0.15, 0.2) is 28.8 Å². The average molecular weight is 300 g/mol. The molecule has 6 nitrogen and oxygen atoms in total. The maximum atomic E-state index is 11.5. The summed E-state index contributed by atoms with van der Waals surface area (Å²) in [4.78, 5) is 17.8. The Morgan fingerprint density at radius 1 is 1.36 bits per heavy atom. The zero-order chi connectivity index (χ0) is 15.4. The van der Waals surface area contributed by atoms with Gasteiger partial charge in [0.15, 0.2) is 5.82 Å². The molecule has 2 aromatic rings. The first kappa shape index (κ1) is 14.6. The molecule has 116 valence electrons. The number of carbonyl (C=O) groups is 1. The lowest BCUT2D eigenvalue weighted by Crippen LogP contribution is -2.27. The fourth-order valence-electron chi connectivity index (χ4n) is 2.58. The van der Waals surface area contributed by atoms with Crippen molar-refractivity contribution in [3.05, 3.63) is 41.5 Å². The molecule has 0 spiro atoms. The summed E-state index contributed by atoms with van der Waals surface area (Å²) in [6.45, 7) is 4.07. The van der Waals surface area contributed by atoms with Gasteiger partial charge in [-0.3, -0.25) is 4.79 Å². The number of nitrogens with zero attached hydrogens (tertiary/aromatic N) is 3. The molecule has 1 aromatic carbocycles. The third kappa shape index (κ3) is 3.44. The molecular formula is C16H20N4O2. The molecule has 1 saturated heterocycles. The monoisotopic (exact) mass is 300 g/mol. The fraction of sp³-hybridized carbons (Fsp3) is 0.438. The Hall–Kier alpha value is -2.37. The Balaban J connectivity index is 1.51. The van der Waals surface area contributed by atoms with Crippen LogP contribution in [-0.4, -0.2) is 34.0 Å². The lowest BCUT2D eigenvalue weighted by molar-refractivity contribution is -0.127. The number of rotatable bonds is 6. The summed E-state index contributed by atoms with van der Waals surface area (Å²) >= 11 is 0. The highest BCUT2D eigenvalue weighted by Gasteiger charge is 2.20. The number of aryl methyl sites for hydroxylation is 1. The molecule has 0 atom stereocenters. The second kappa shape index (κ2) is 6.60. The first-order valence-electron chi connectivity index (χ1n) is 7.61. The van der Waals surface area contributed by atoms with Gasteiger partial charge >= 0.3 is 0 Å². The molecule has 0 bridgehead atoms. The number of amides is 1. The number of hydrogen-bond acceptors (Lipinski definition) is 5. The first-order valence-corrected chi connectivity index (χ1v) is 7.61. The van der Waals surface area contributed by atoms with Crippen LogP contribution in [0.2, 0.25) is 0 Å². The Labute approximate surface area is 129 Å². The van der Waals surface area contributed by atoms with E-state index in [0.29, 0.717) is 37.6 Å². The van der Waals surface area contributed by atoms with E-state index in [1.54, 1.807) is 0 Å². The Bertz CT molecular complexity index is 653. The minimum atomic E-state index is 0.227. The van der Waals surface area contributed by atoms with Gasteiger partial charge in [0.05, 0.1) is 6.54 Å². The standard InChI is InChI=1S/C16H20N4O2/c1-12-5-2-3-6-13(12)17-11-15-18-14(19-22-15)8-10-20-9-4-7-16(20)21/h2-3,5-6,17H,4,7-11H2,1H3. The summed E-state index contributed by atoms with van der Waals surface area (Å²) in [6, 6.07) is 8.06. The van der Waals surface area contributed by atoms with Crippen LogP contribution in [0.3, 0.4) is 0 Å². The number of likely N-dealkylation sites (tertiary alicyclic amines) is 1. The van der Waals surface area contributed by atoms with E-state index < -0.39 is 0 Å². The maximum absolute atomic E-state index is 11.5. The van der Waals surface area contributed by atoms with E-state index in [-0.39, 0.29) is 5.91 Å².